The van der Waals surface area contributed by atoms with Crippen molar-refractivity contribution in [3.8, 4) is 0 Å². The molecular formula is C15H19N5O. The van der Waals surface area contributed by atoms with Crippen LogP contribution in [0.15, 0.2) is 43.0 Å². The van der Waals surface area contributed by atoms with Crippen LogP contribution in [0.4, 0.5) is 5.69 Å². The standard InChI is InChI=1S/C15H19N5O/c21-15(14-9-16-4-5-18-14)19-13-3-1-2-12(8-13)10-20-7-6-17-11-20/h1-3,6-8,11,14,16,18H,4-5,9-10H2,(H,19,21). The van der Waals surface area contributed by atoms with Crippen molar-refractivity contribution in [2.75, 3.05) is 25.0 Å². The maximum absolute atomic E-state index is 12.2. The molecule has 21 heavy (non-hydrogen) atoms. The average molecular weight is 285 g/mol. The minimum atomic E-state index is -0.170. The van der Waals surface area contributed by atoms with Crippen molar-refractivity contribution in [3.63, 3.8) is 0 Å². The number of benzene rings is 1. The SMILES string of the molecule is O=C(Nc1cccc(Cn2ccnc2)c1)C1CNCCN1. The van der Waals surface area contributed by atoms with E-state index in [1.54, 1.807) is 12.5 Å². The number of anilines is 1. The van der Waals surface area contributed by atoms with E-state index in [2.05, 4.69) is 20.9 Å². The van der Waals surface area contributed by atoms with Gasteiger partial charge in [0.1, 0.15) is 0 Å². The van der Waals surface area contributed by atoms with Crippen molar-refractivity contribution in [1.82, 2.24) is 20.2 Å². The molecule has 1 unspecified atom stereocenters. The van der Waals surface area contributed by atoms with Gasteiger partial charge in [-0.2, -0.15) is 0 Å². The van der Waals surface area contributed by atoms with E-state index in [1.165, 1.54) is 0 Å². The van der Waals surface area contributed by atoms with Crippen LogP contribution in [0.5, 0.6) is 0 Å². The summed E-state index contributed by atoms with van der Waals surface area (Å²) in [6.07, 6.45) is 5.46. The van der Waals surface area contributed by atoms with Crippen molar-refractivity contribution in [1.29, 1.82) is 0 Å². The second kappa shape index (κ2) is 6.51. The molecule has 0 aliphatic carbocycles. The molecule has 1 aliphatic heterocycles. The second-order valence-corrected chi connectivity index (χ2v) is 5.14. The lowest BCUT2D eigenvalue weighted by Gasteiger charge is -2.23. The van der Waals surface area contributed by atoms with Gasteiger partial charge in [0.05, 0.1) is 12.4 Å². The van der Waals surface area contributed by atoms with Gasteiger partial charge in [-0.3, -0.25) is 4.79 Å². The summed E-state index contributed by atoms with van der Waals surface area (Å²) in [6, 6.07) is 7.72. The number of amides is 1. The minimum absolute atomic E-state index is 0.00183. The van der Waals surface area contributed by atoms with Crippen LogP contribution >= 0.6 is 0 Å². The number of hydrogen-bond donors (Lipinski definition) is 3. The van der Waals surface area contributed by atoms with E-state index in [4.69, 9.17) is 0 Å². The van der Waals surface area contributed by atoms with Crippen LogP contribution in [-0.4, -0.2) is 41.1 Å². The minimum Gasteiger partial charge on any atom is -0.333 e. The van der Waals surface area contributed by atoms with Gasteiger partial charge in [-0.15, -0.1) is 0 Å². The first kappa shape index (κ1) is 13.8. The van der Waals surface area contributed by atoms with Crippen molar-refractivity contribution in [2.45, 2.75) is 12.6 Å². The maximum Gasteiger partial charge on any atom is 0.242 e. The van der Waals surface area contributed by atoms with Crippen LogP contribution in [0.2, 0.25) is 0 Å². The summed E-state index contributed by atoms with van der Waals surface area (Å²) in [5.74, 6) is 0.00183. The molecule has 0 bridgehead atoms. The Hall–Kier alpha value is -2.18. The Kier molecular flexibility index (Phi) is 4.28. The Bertz CT molecular complexity index is 590. The molecule has 3 N–H and O–H groups in total. The predicted octanol–water partition coefficient (Wildman–Crippen LogP) is 0.431. The predicted molar refractivity (Wildman–Crippen MR) is 81.1 cm³/mol. The van der Waals surface area contributed by atoms with E-state index in [9.17, 15) is 4.79 Å². The first-order chi connectivity index (χ1) is 10.3. The quantitative estimate of drug-likeness (QED) is 0.762. The number of nitrogens with one attached hydrogen (secondary N) is 3. The van der Waals surface area contributed by atoms with Gasteiger partial charge in [0.2, 0.25) is 5.91 Å². The van der Waals surface area contributed by atoms with Crippen LogP contribution in [0.25, 0.3) is 0 Å². The van der Waals surface area contributed by atoms with Gasteiger partial charge < -0.3 is 20.5 Å². The first-order valence-electron chi connectivity index (χ1n) is 7.11. The zero-order valence-corrected chi connectivity index (χ0v) is 11.7. The zero-order chi connectivity index (χ0) is 14.5. The van der Waals surface area contributed by atoms with E-state index in [1.807, 2.05) is 35.0 Å². The molecule has 0 spiro atoms. The molecule has 110 valence electrons. The van der Waals surface area contributed by atoms with Gasteiger partial charge in [-0.05, 0) is 17.7 Å². The molecule has 0 saturated carbocycles. The van der Waals surface area contributed by atoms with Gasteiger partial charge in [0, 0.05) is 44.3 Å². The Morgan fingerprint density at radius 3 is 3.14 bits per heavy atom. The van der Waals surface area contributed by atoms with Gasteiger partial charge in [-0.25, -0.2) is 4.98 Å². The third-order valence-corrected chi connectivity index (χ3v) is 3.48. The molecule has 2 aromatic rings. The molecule has 2 heterocycles. The molecule has 1 aromatic carbocycles. The van der Waals surface area contributed by atoms with Crippen molar-refractivity contribution >= 4 is 11.6 Å². The highest BCUT2D eigenvalue weighted by atomic mass is 16.2. The largest absolute Gasteiger partial charge is 0.333 e. The highest BCUT2D eigenvalue weighted by molar-refractivity contribution is 5.95. The molecule has 1 atom stereocenters. The number of imidazole rings is 1. The van der Waals surface area contributed by atoms with Crippen LogP contribution in [0.3, 0.4) is 0 Å². The topological polar surface area (TPSA) is 71.0 Å². The van der Waals surface area contributed by atoms with Crippen LogP contribution in [-0.2, 0) is 11.3 Å². The van der Waals surface area contributed by atoms with Crippen LogP contribution in [0.1, 0.15) is 5.56 Å². The summed E-state index contributed by atoms with van der Waals surface area (Å²) in [6.45, 7) is 3.14. The normalized spacial score (nSPS) is 18.4. The van der Waals surface area contributed by atoms with Gasteiger partial charge in [0.15, 0.2) is 0 Å². The number of nitrogens with zero attached hydrogens (tertiary/aromatic N) is 2. The second-order valence-electron chi connectivity index (χ2n) is 5.14. The highest BCUT2D eigenvalue weighted by Gasteiger charge is 2.20. The molecule has 1 aliphatic rings. The molecule has 1 fully saturated rings. The Balaban J connectivity index is 1.63. The summed E-state index contributed by atoms with van der Waals surface area (Å²) in [4.78, 5) is 16.2. The molecule has 1 saturated heterocycles. The third kappa shape index (κ3) is 3.68. The molecule has 1 amide bonds. The fourth-order valence-corrected chi connectivity index (χ4v) is 2.41. The number of rotatable bonds is 4. The molecular weight excluding hydrogens is 266 g/mol. The Morgan fingerprint density at radius 1 is 1.43 bits per heavy atom. The Labute approximate surface area is 123 Å². The number of hydrogen-bond acceptors (Lipinski definition) is 4. The van der Waals surface area contributed by atoms with Crippen LogP contribution in [0, 0.1) is 0 Å². The molecule has 3 rings (SSSR count). The smallest absolute Gasteiger partial charge is 0.242 e. The lowest BCUT2D eigenvalue weighted by Crippen LogP contribution is -2.54. The number of carbonyl (C=O) groups is 1. The van der Waals surface area contributed by atoms with Crippen molar-refractivity contribution in [3.05, 3.63) is 48.5 Å². The van der Waals surface area contributed by atoms with Gasteiger partial charge in [-0.1, -0.05) is 12.1 Å². The first-order valence-corrected chi connectivity index (χ1v) is 7.11. The highest BCUT2D eigenvalue weighted by Crippen LogP contribution is 2.12. The molecule has 6 heteroatoms. The van der Waals surface area contributed by atoms with Crippen LogP contribution < -0.4 is 16.0 Å². The average Bonchev–Trinajstić information content (AvgIpc) is 3.01. The van der Waals surface area contributed by atoms with Gasteiger partial charge in [0.25, 0.3) is 0 Å². The molecule has 1 aromatic heterocycles. The summed E-state index contributed by atoms with van der Waals surface area (Å²) in [7, 11) is 0. The lowest BCUT2D eigenvalue weighted by molar-refractivity contribution is -0.118. The number of carbonyl (C=O) groups excluding carboxylic acids is 1. The third-order valence-electron chi connectivity index (χ3n) is 3.48. The fourth-order valence-electron chi connectivity index (χ4n) is 2.41. The number of piperazine rings is 1. The summed E-state index contributed by atoms with van der Waals surface area (Å²) in [5.41, 5.74) is 1.95. The van der Waals surface area contributed by atoms with E-state index in [0.717, 1.165) is 30.9 Å². The summed E-state index contributed by atoms with van der Waals surface area (Å²) < 4.78 is 1.99. The summed E-state index contributed by atoms with van der Waals surface area (Å²) in [5, 5.41) is 9.38. The van der Waals surface area contributed by atoms with E-state index in [-0.39, 0.29) is 11.9 Å². The summed E-state index contributed by atoms with van der Waals surface area (Å²) >= 11 is 0. The van der Waals surface area contributed by atoms with Crippen molar-refractivity contribution < 1.29 is 4.79 Å². The van der Waals surface area contributed by atoms with E-state index >= 15 is 0 Å². The van der Waals surface area contributed by atoms with Gasteiger partial charge >= 0.3 is 0 Å². The lowest BCUT2D eigenvalue weighted by atomic mass is 10.1. The number of aromatic nitrogens is 2. The molecule has 0 radical (unpaired) electrons. The van der Waals surface area contributed by atoms with E-state index in [0.29, 0.717) is 6.54 Å². The Morgan fingerprint density at radius 2 is 2.38 bits per heavy atom. The zero-order valence-electron chi connectivity index (χ0n) is 11.7. The van der Waals surface area contributed by atoms with Crippen molar-refractivity contribution in [2.24, 2.45) is 0 Å². The molecule has 6 nitrogen and oxygen atoms in total. The fraction of sp³-hybridized carbons (Fsp3) is 0.333. The monoisotopic (exact) mass is 285 g/mol. The maximum atomic E-state index is 12.2. The van der Waals surface area contributed by atoms with E-state index < -0.39 is 0 Å².